The largest absolute Gasteiger partial charge is 0.330 e. The fourth-order valence-electron chi connectivity index (χ4n) is 1.90. The zero-order valence-corrected chi connectivity index (χ0v) is 12.8. The van der Waals surface area contributed by atoms with E-state index < -0.39 is 4.92 Å². The summed E-state index contributed by atoms with van der Waals surface area (Å²) in [5.74, 6) is 0. The summed E-state index contributed by atoms with van der Waals surface area (Å²) in [7, 11) is 0. The Morgan fingerprint density at radius 2 is 1.86 bits per heavy atom. The smallest absolute Gasteiger partial charge is 0.269 e. The van der Waals surface area contributed by atoms with Gasteiger partial charge in [-0.3, -0.25) is 10.1 Å². The Balaban J connectivity index is 1.81. The molecule has 0 fully saturated rings. The number of nitro groups is 1. The summed E-state index contributed by atoms with van der Waals surface area (Å²) in [5, 5.41) is 17.0. The van der Waals surface area contributed by atoms with Crippen molar-refractivity contribution in [3.8, 4) is 11.3 Å². The molecule has 0 unspecified atom stereocenters. The number of aromatic nitrogens is 1. The molecule has 7 heteroatoms. The minimum atomic E-state index is -0.421. The fraction of sp³-hybridized carbons (Fsp3) is 0. The van der Waals surface area contributed by atoms with Crippen LogP contribution in [0.1, 0.15) is 0 Å². The SMILES string of the molecule is O=[N+]([O-])c1ccc(-c2csc(Nc3ccccc3Cl)n2)cc1. The summed E-state index contributed by atoms with van der Waals surface area (Å²) in [5.41, 5.74) is 2.44. The molecule has 0 aliphatic rings. The summed E-state index contributed by atoms with van der Waals surface area (Å²) >= 11 is 7.54. The number of rotatable bonds is 4. The first-order valence-corrected chi connectivity index (χ1v) is 7.61. The summed E-state index contributed by atoms with van der Waals surface area (Å²) in [4.78, 5) is 14.7. The number of hydrogen-bond acceptors (Lipinski definition) is 5. The normalized spacial score (nSPS) is 10.4. The zero-order chi connectivity index (χ0) is 15.5. The lowest BCUT2D eigenvalue weighted by Crippen LogP contribution is -1.90. The van der Waals surface area contributed by atoms with Crippen LogP contribution in [-0.2, 0) is 0 Å². The third-order valence-electron chi connectivity index (χ3n) is 2.99. The molecule has 3 rings (SSSR count). The Morgan fingerprint density at radius 3 is 2.55 bits per heavy atom. The molecule has 1 N–H and O–H groups in total. The number of anilines is 2. The molecule has 0 bridgehead atoms. The van der Waals surface area contributed by atoms with Crippen molar-refractivity contribution in [2.45, 2.75) is 0 Å². The molecule has 0 aliphatic carbocycles. The lowest BCUT2D eigenvalue weighted by Gasteiger charge is -2.04. The van der Waals surface area contributed by atoms with Gasteiger partial charge in [0, 0.05) is 23.1 Å². The lowest BCUT2D eigenvalue weighted by molar-refractivity contribution is -0.384. The highest BCUT2D eigenvalue weighted by atomic mass is 35.5. The standard InChI is InChI=1S/C15H10ClN3O2S/c16-12-3-1-2-4-13(12)17-15-18-14(9-22-15)10-5-7-11(8-6-10)19(20)21/h1-9H,(H,17,18). The Kier molecular flexibility index (Phi) is 4.04. The van der Waals surface area contributed by atoms with E-state index in [-0.39, 0.29) is 5.69 Å². The number of nitrogens with one attached hydrogen (secondary N) is 1. The van der Waals surface area contributed by atoms with Crippen LogP contribution in [0.5, 0.6) is 0 Å². The molecule has 1 heterocycles. The van der Waals surface area contributed by atoms with Gasteiger partial charge < -0.3 is 5.32 Å². The van der Waals surface area contributed by atoms with Gasteiger partial charge in [0.25, 0.3) is 5.69 Å². The first-order valence-electron chi connectivity index (χ1n) is 6.35. The molecular formula is C15H10ClN3O2S. The molecule has 22 heavy (non-hydrogen) atoms. The number of halogens is 1. The van der Waals surface area contributed by atoms with Crippen molar-refractivity contribution in [2.75, 3.05) is 5.32 Å². The highest BCUT2D eigenvalue weighted by Gasteiger charge is 2.09. The highest BCUT2D eigenvalue weighted by Crippen LogP contribution is 2.30. The molecule has 0 saturated carbocycles. The van der Waals surface area contributed by atoms with E-state index in [2.05, 4.69) is 10.3 Å². The summed E-state index contributed by atoms with van der Waals surface area (Å²) in [6.45, 7) is 0. The van der Waals surface area contributed by atoms with Crippen molar-refractivity contribution in [2.24, 2.45) is 0 Å². The Bertz CT molecular complexity index is 818. The van der Waals surface area contributed by atoms with E-state index in [0.29, 0.717) is 10.2 Å². The molecule has 0 aliphatic heterocycles. The van der Waals surface area contributed by atoms with Gasteiger partial charge in [-0.1, -0.05) is 23.7 Å². The molecule has 0 spiro atoms. The Labute approximate surface area is 135 Å². The van der Waals surface area contributed by atoms with Crippen LogP contribution in [0.25, 0.3) is 11.3 Å². The molecule has 1 aromatic heterocycles. The topological polar surface area (TPSA) is 68.1 Å². The van der Waals surface area contributed by atoms with Crippen LogP contribution < -0.4 is 5.32 Å². The molecule has 0 amide bonds. The molecular weight excluding hydrogens is 322 g/mol. The first kappa shape index (κ1) is 14.5. The average Bonchev–Trinajstić information content (AvgIpc) is 2.98. The van der Waals surface area contributed by atoms with Crippen LogP contribution in [0.15, 0.2) is 53.9 Å². The maximum absolute atomic E-state index is 10.7. The van der Waals surface area contributed by atoms with Gasteiger partial charge in [0.05, 0.1) is 21.3 Å². The van der Waals surface area contributed by atoms with Crippen LogP contribution in [0.4, 0.5) is 16.5 Å². The zero-order valence-electron chi connectivity index (χ0n) is 11.2. The number of nitrogens with zero attached hydrogens (tertiary/aromatic N) is 2. The van der Waals surface area contributed by atoms with E-state index in [1.165, 1.54) is 23.5 Å². The van der Waals surface area contributed by atoms with E-state index in [1.54, 1.807) is 18.2 Å². The highest BCUT2D eigenvalue weighted by molar-refractivity contribution is 7.14. The molecule has 5 nitrogen and oxygen atoms in total. The maximum atomic E-state index is 10.7. The van der Waals surface area contributed by atoms with Crippen molar-refractivity contribution in [1.82, 2.24) is 4.98 Å². The van der Waals surface area contributed by atoms with Crippen LogP contribution in [0.3, 0.4) is 0 Å². The third kappa shape index (κ3) is 3.08. The first-order chi connectivity index (χ1) is 10.6. The van der Waals surface area contributed by atoms with E-state index >= 15 is 0 Å². The van der Waals surface area contributed by atoms with Gasteiger partial charge in [0.2, 0.25) is 0 Å². The van der Waals surface area contributed by atoms with E-state index in [4.69, 9.17) is 11.6 Å². The monoisotopic (exact) mass is 331 g/mol. The van der Waals surface area contributed by atoms with Crippen molar-refractivity contribution < 1.29 is 4.92 Å². The minimum absolute atomic E-state index is 0.0633. The number of nitro benzene ring substituents is 1. The van der Waals surface area contributed by atoms with Gasteiger partial charge in [0.1, 0.15) is 0 Å². The molecule has 110 valence electrons. The number of thiazole rings is 1. The van der Waals surface area contributed by atoms with Crippen molar-refractivity contribution >= 4 is 39.4 Å². The number of hydrogen-bond donors (Lipinski definition) is 1. The summed E-state index contributed by atoms with van der Waals surface area (Å²) in [6, 6.07) is 13.7. The second-order valence-electron chi connectivity index (χ2n) is 4.45. The predicted octanol–water partition coefficient (Wildman–Crippen LogP) is 5.12. The van der Waals surface area contributed by atoms with Crippen molar-refractivity contribution in [3.63, 3.8) is 0 Å². The van der Waals surface area contributed by atoms with E-state index in [1.807, 2.05) is 23.6 Å². The quantitative estimate of drug-likeness (QED) is 0.532. The Morgan fingerprint density at radius 1 is 1.14 bits per heavy atom. The second-order valence-corrected chi connectivity index (χ2v) is 5.71. The van der Waals surface area contributed by atoms with Crippen molar-refractivity contribution in [1.29, 1.82) is 0 Å². The lowest BCUT2D eigenvalue weighted by atomic mass is 10.1. The second kappa shape index (κ2) is 6.13. The number of benzene rings is 2. The van der Waals surface area contributed by atoms with Crippen LogP contribution in [0.2, 0.25) is 5.02 Å². The van der Waals surface area contributed by atoms with Gasteiger partial charge >= 0.3 is 0 Å². The number of non-ortho nitro benzene ring substituents is 1. The fourth-order valence-corrected chi connectivity index (χ4v) is 2.81. The molecule has 0 atom stereocenters. The van der Waals surface area contributed by atoms with Crippen LogP contribution in [0, 0.1) is 10.1 Å². The summed E-state index contributed by atoms with van der Waals surface area (Å²) < 4.78 is 0. The molecule has 2 aromatic carbocycles. The van der Waals surface area contributed by atoms with Crippen LogP contribution in [-0.4, -0.2) is 9.91 Å². The van der Waals surface area contributed by atoms with E-state index in [9.17, 15) is 10.1 Å². The summed E-state index contributed by atoms with van der Waals surface area (Å²) in [6.07, 6.45) is 0. The van der Waals surface area contributed by atoms with Crippen molar-refractivity contribution in [3.05, 3.63) is 69.0 Å². The predicted molar refractivity (Wildman–Crippen MR) is 88.9 cm³/mol. The molecule has 3 aromatic rings. The van der Waals surface area contributed by atoms with Gasteiger partial charge in [-0.25, -0.2) is 4.98 Å². The van der Waals surface area contributed by atoms with Gasteiger partial charge in [0.15, 0.2) is 5.13 Å². The molecule has 0 saturated heterocycles. The van der Waals surface area contributed by atoms with Gasteiger partial charge in [-0.15, -0.1) is 11.3 Å². The van der Waals surface area contributed by atoms with Gasteiger partial charge in [-0.05, 0) is 24.3 Å². The van der Waals surface area contributed by atoms with Gasteiger partial charge in [-0.2, -0.15) is 0 Å². The van der Waals surface area contributed by atoms with Crippen LogP contribution >= 0.6 is 22.9 Å². The third-order valence-corrected chi connectivity index (χ3v) is 4.08. The minimum Gasteiger partial charge on any atom is -0.330 e. The maximum Gasteiger partial charge on any atom is 0.269 e. The Hall–Kier alpha value is -2.44. The van der Waals surface area contributed by atoms with E-state index in [0.717, 1.165) is 16.9 Å². The number of para-hydroxylation sites is 1. The average molecular weight is 332 g/mol. The molecule has 0 radical (unpaired) electrons.